The molecule has 338 valence electrons. The Bertz CT molecular complexity index is 1280. The summed E-state index contributed by atoms with van der Waals surface area (Å²) < 4.78 is 16.5. The summed E-state index contributed by atoms with van der Waals surface area (Å²) in [6.45, 7) is 6.22. The second kappa shape index (κ2) is 47.7. The van der Waals surface area contributed by atoms with Crippen LogP contribution in [0.1, 0.15) is 194 Å². The van der Waals surface area contributed by atoms with Crippen molar-refractivity contribution >= 4 is 17.9 Å². The van der Waals surface area contributed by atoms with Crippen molar-refractivity contribution in [2.75, 3.05) is 13.2 Å². The number of allylic oxidation sites excluding steroid dienone is 17. The van der Waals surface area contributed by atoms with Crippen molar-refractivity contribution in [3.05, 3.63) is 109 Å². The normalized spacial score (nSPS) is 13.1. The van der Waals surface area contributed by atoms with Crippen LogP contribution in [-0.4, -0.2) is 37.2 Å². The third kappa shape index (κ3) is 45.2. The molecule has 0 saturated carbocycles. The van der Waals surface area contributed by atoms with Gasteiger partial charge in [0, 0.05) is 12.8 Å². The van der Waals surface area contributed by atoms with Gasteiger partial charge in [-0.25, -0.2) is 0 Å². The van der Waals surface area contributed by atoms with Gasteiger partial charge in [0.15, 0.2) is 6.10 Å². The molecule has 0 radical (unpaired) electrons. The van der Waals surface area contributed by atoms with Crippen LogP contribution in [0.15, 0.2) is 109 Å². The first kappa shape index (κ1) is 56.1. The fourth-order valence-electron chi connectivity index (χ4n) is 6.06. The van der Waals surface area contributed by atoms with E-state index >= 15 is 0 Å². The lowest BCUT2D eigenvalue weighted by molar-refractivity contribution is -0.166. The zero-order chi connectivity index (χ0) is 43.7. The molecule has 6 nitrogen and oxygen atoms in total. The lowest BCUT2D eigenvalue weighted by Gasteiger charge is -2.18. The van der Waals surface area contributed by atoms with E-state index in [2.05, 4.69) is 106 Å². The highest BCUT2D eigenvalue weighted by Gasteiger charge is 2.19. The smallest absolute Gasteiger partial charge is 0.309 e. The summed E-state index contributed by atoms with van der Waals surface area (Å²) in [6.07, 6.45) is 64.1. The summed E-state index contributed by atoms with van der Waals surface area (Å²) in [5, 5.41) is 0. The number of hydrogen-bond acceptors (Lipinski definition) is 6. The predicted octanol–water partition coefficient (Wildman–Crippen LogP) is 15.6. The number of carbonyl (C=O) groups is 3. The van der Waals surface area contributed by atoms with E-state index in [1.807, 2.05) is 18.2 Å². The van der Waals surface area contributed by atoms with E-state index in [0.29, 0.717) is 12.8 Å². The van der Waals surface area contributed by atoms with Gasteiger partial charge in [-0.1, -0.05) is 214 Å². The molecular weight excluding hydrogens is 745 g/mol. The number of rotatable bonds is 41. The lowest BCUT2D eigenvalue weighted by Crippen LogP contribution is -2.30. The van der Waals surface area contributed by atoms with Crippen LogP contribution in [0.5, 0.6) is 0 Å². The van der Waals surface area contributed by atoms with Crippen molar-refractivity contribution < 1.29 is 28.6 Å². The van der Waals surface area contributed by atoms with Gasteiger partial charge in [-0.05, 0) is 70.6 Å². The molecule has 0 saturated heterocycles. The number of ether oxygens (including phenoxy) is 3. The Balaban J connectivity index is 4.52. The first-order valence-corrected chi connectivity index (χ1v) is 23.9. The molecule has 0 aliphatic carbocycles. The molecule has 0 aromatic carbocycles. The van der Waals surface area contributed by atoms with Crippen molar-refractivity contribution in [2.45, 2.75) is 200 Å². The van der Waals surface area contributed by atoms with Gasteiger partial charge in [-0.2, -0.15) is 0 Å². The van der Waals surface area contributed by atoms with Crippen LogP contribution in [0, 0.1) is 0 Å². The quantitative estimate of drug-likeness (QED) is 0.0264. The predicted molar refractivity (Wildman–Crippen MR) is 256 cm³/mol. The molecule has 0 N–H and O–H groups in total. The summed E-state index contributed by atoms with van der Waals surface area (Å²) >= 11 is 0. The largest absolute Gasteiger partial charge is 0.462 e. The van der Waals surface area contributed by atoms with Gasteiger partial charge in [-0.15, -0.1) is 0 Å². The van der Waals surface area contributed by atoms with Crippen LogP contribution in [0.2, 0.25) is 0 Å². The molecule has 0 rings (SSSR count). The Morgan fingerprint density at radius 2 is 0.717 bits per heavy atom. The van der Waals surface area contributed by atoms with E-state index in [0.717, 1.165) is 77.0 Å². The molecule has 1 atom stereocenters. The van der Waals surface area contributed by atoms with Crippen LogP contribution in [0.25, 0.3) is 0 Å². The number of unbranched alkanes of at least 4 members (excludes halogenated alkanes) is 13. The maximum atomic E-state index is 12.7. The topological polar surface area (TPSA) is 78.9 Å². The molecule has 60 heavy (non-hydrogen) atoms. The molecule has 0 aromatic heterocycles. The molecule has 1 unspecified atom stereocenters. The SMILES string of the molecule is CC/C=C\C/C=C\C/C=C\C/C=C\C/C=C\C/C=C\CCC(=O)OCC(COC(=O)C/C=C\C/C=C\C/C=C\CC)OC(=O)CCCCCCCCCCCCCCCC. The van der Waals surface area contributed by atoms with E-state index in [9.17, 15) is 14.4 Å². The summed E-state index contributed by atoms with van der Waals surface area (Å²) in [5.41, 5.74) is 0. The van der Waals surface area contributed by atoms with Crippen molar-refractivity contribution in [3.8, 4) is 0 Å². The molecule has 0 heterocycles. The molecule has 0 fully saturated rings. The maximum absolute atomic E-state index is 12.7. The van der Waals surface area contributed by atoms with Crippen LogP contribution in [0.3, 0.4) is 0 Å². The van der Waals surface area contributed by atoms with Gasteiger partial charge in [0.1, 0.15) is 13.2 Å². The second-order valence-corrected chi connectivity index (χ2v) is 15.3. The highest BCUT2D eigenvalue weighted by atomic mass is 16.6. The lowest BCUT2D eigenvalue weighted by atomic mass is 10.0. The Morgan fingerprint density at radius 3 is 1.13 bits per heavy atom. The van der Waals surface area contributed by atoms with E-state index < -0.39 is 12.1 Å². The number of carbonyl (C=O) groups excluding carboxylic acids is 3. The third-order valence-corrected chi connectivity index (χ3v) is 9.57. The van der Waals surface area contributed by atoms with E-state index in [-0.39, 0.29) is 38.0 Å². The Morgan fingerprint density at radius 1 is 0.367 bits per heavy atom. The first-order chi connectivity index (χ1) is 29.5. The monoisotopic (exact) mass is 831 g/mol. The number of hydrogen-bond donors (Lipinski definition) is 0. The molecule has 0 aliphatic heterocycles. The second-order valence-electron chi connectivity index (χ2n) is 15.3. The minimum Gasteiger partial charge on any atom is -0.462 e. The summed E-state index contributed by atoms with van der Waals surface area (Å²) in [5.74, 6) is -1.15. The van der Waals surface area contributed by atoms with Crippen molar-refractivity contribution in [2.24, 2.45) is 0 Å². The van der Waals surface area contributed by atoms with Crippen molar-refractivity contribution in [3.63, 3.8) is 0 Å². The molecule has 0 amide bonds. The number of esters is 3. The van der Waals surface area contributed by atoms with Crippen LogP contribution < -0.4 is 0 Å². The summed E-state index contributed by atoms with van der Waals surface area (Å²) in [6, 6.07) is 0. The highest BCUT2D eigenvalue weighted by molar-refractivity contribution is 5.72. The van der Waals surface area contributed by atoms with Gasteiger partial charge in [0.2, 0.25) is 0 Å². The van der Waals surface area contributed by atoms with Gasteiger partial charge < -0.3 is 14.2 Å². The fraction of sp³-hybridized carbons (Fsp3) is 0.611. The standard InChI is InChI=1S/C54H86O6/c1-4-7-10-13-16-19-21-23-25-26-27-28-29-31-32-35-38-41-44-47-53(56)59-50-51(49-58-52(55)46-43-40-37-34-18-15-12-9-6-3)60-54(57)48-45-42-39-36-33-30-24-22-20-17-14-11-8-5-2/h7,9-10,12,16,18-19,23,25,27-28,31-32,34,38,40-41,43,51H,4-6,8,11,13-15,17,20-22,24,26,29-30,33,35-37,39,42,44-50H2,1-3H3/b10-7-,12-9-,19-16-,25-23-,28-27-,32-31-,34-18-,41-38-,43-40-. The molecular formula is C54H86O6. The Labute approximate surface area is 368 Å². The molecule has 0 aromatic rings. The van der Waals surface area contributed by atoms with E-state index in [4.69, 9.17) is 14.2 Å². The average molecular weight is 831 g/mol. The van der Waals surface area contributed by atoms with Gasteiger partial charge in [0.05, 0.1) is 6.42 Å². The molecule has 0 spiro atoms. The average Bonchev–Trinajstić information content (AvgIpc) is 3.24. The Kier molecular flexibility index (Phi) is 44.6. The molecule has 0 bridgehead atoms. The van der Waals surface area contributed by atoms with E-state index in [1.54, 1.807) is 6.08 Å². The third-order valence-electron chi connectivity index (χ3n) is 9.57. The minimum atomic E-state index is -0.842. The molecule has 0 aliphatic rings. The summed E-state index contributed by atoms with van der Waals surface area (Å²) in [7, 11) is 0. The summed E-state index contributed by atoms with van der Waals surface area (Å²) in [4.78, 5) is 37.7. The van der Waals surface area contributed by atoms with Crippen molar-refractivity contribution in [1.82, 2.24) is 0 Å². The Hall–Kier alpha value is -3.93. The molecule has 6 heteroatoms. The zero-order valence-electron chi connectivity index (χ0n) is 38.4. The van der Waals surface area contributed by atoms with Gasteiger partial charge in [-0.3, -0.25) is 14.4 Å². The minimum absolute atomic E-state index is 0.120. The fourth-order valence-corrected chi connectivity index (χ4v) is 6.06. The first-order valence-electron chi connectivity index (χ1n) is 23.9. The van der Waals surface area contributed by atoms with Crippen LogP contribution >= 0.6 is 0 Å². The maximum Gasteiger partial charge on any atom is 0.309 e. The highest BCUT2D eigenvalue weighted by Crippen LogP contribution is 2.14. The zero-order valence-corrected chi connectivity index (χ0v) is 38.4. The van der Waals surface area contributed by atoms with Gasteiger partial charge >= 0.3 is 17.9 Å². The van der Waals surface area contributed by atoms with Gasteiger partial charge in [0.25, 0.3) is 0 Å². The van der Waals surface area contributed by atoms with Crippen LogP contribution in [-0.2, 0) is 28.6 Å². The van der Waals surface area contributed by atoms with E-state index in [1.165, 1.54) is 70.6 Å². The van der Waals surface area contributed by atoms with Crippen molar-refractivity contribution in [1.29, 1.82) is 0 Å². The van der Waals surface area contributed by atoms with Crippen LogP contribution in [0.4, 0.5) is 0 Å².